The summed E-state index contributed by atoms with van der Waals surface area (Å²) in [6.07, 6.45) is 0. The minimum atomic E-state index is -0.700. The SMILES string of the molecule is COc1ccc(C)cc1NC(=O)[C@H](Nc1ccc(C)c(F)c1)c1ccccc1. The van der Waals surface area contributed by atoms with E-state index in [1.54, 1.807) is 26.2 Å². The topological polar surface area (TPSA) is 50.4 Å². The lowest BCUT2D eigenvalue weighted by molar-refractivity contribution is -0.117. The summed E-state index contributed by atoms with van der Waals surface area (Å²) in [4.78, 5) is 13.1. The molecule has 0 unspecified atom stereocenters. The molecule has 0 spiro atoms. The van der Waals surface area contributed by atoms with Crippen molar-refractivity contribution >= 4 is 17.3 Å². The van der Waals surface area contributed by atoms with Crippen LogP contribution in [0, 0.1) is 19.7 Å². The number of aryl methyl sites for hydroxylation is 2. The van der Waals surface area contributed by atoms with Crippen LogP contribution in [0.15, 0.2) is 66.7 Å². The predicted octanol–water partition coefficient (Wildman–Crippen LogP) is 5.24. The van der Waals surface area contributed by atoms with Crippen LogP contribution in [0.1, 0.15) is 22.7 Å². The summed E-state index contributed by atoms with van der Waals surface area (Å²) < 4.78 is 19.3. The van der Waals surface area contributed by atoms with Crippen molar-refractivity contribution in [3.63, 3.8) is 0 Å². The van der Waals surface area contributed by atoms with Gasteiger partial charge in [0.15, 0.2) is 0 Å². The number of carbonyl (C=O) groups excluding carboxylic acids is 1. The first kappa shape index (κ1) is 19.4. The van der Waals surface area contributed by atoms with Gasteiger partial charge in [0.25, 0.3) is 5.91 Å². The molecule has 2 N–H and O–H groups in total. The number of benzene rings is 3. The quantitative estimate of drug-likeness (QED) is 0.616. The number of nitrogens with one attached hydrogen (secondary N) is 2. The fourth-order valence-corrected chi connectivity index (χ4v) is 2.92. The Labute approximate surface area is 164 Å². The zero-order chi connectivity index (χ0) is 20.1. The third kappa shape index (κ3) is 4.49. The molecule has 0 saturated carbocycles. The van der Waals surface area contributed by atoms with E-state index in [0.29, 0.717) is 22.7 Å². The van der Waals surface area contributed by atoms with Gasteiger partial charge in [0.1, 0.15) is 17.6 Å². The van der Waals surface area contributed by atoms with Crippen LogP contribution in [0.3, 0.4) is 0 Å². The van der Waals surface area contributed by atoms with Crippen LogP contribution in [-0.4, -0.2) is 13.0 Å². The van der Waals surface area contributed by atoms with E-state index in [1.165, 1.54) is 6.07 Å². The average molecular weight is 378 g/mol. The van der Waals surface area contributed by atoms with Gasteiger partial charge in [-0.25, -0.2) is 4.39 Å². The average Bonchev–Trinajstić information content (AvgIpc) is 2.69. The molecule has 0 fully saturated rings. The summed E-state index contributed by atoms with van der Waals surface area (Å²) in [5, 5.41) is 6.07. The van der Waals surface area contributed by atoms with E-state index in [1.807, 2.05) is 55.5 Å². The van der Waals surface area contributed by atoms with Crippen LogP contribution >= 0.6 is 0 Å². The third-order valence-electron chi connectivity index (χ3n) is 4.49. The molecular weight excluding hydrogens is 355 g/mol. The lowest BCUT2D eigenvalue weighted by atomic mass is 10.0. The maximum absolute atomic E-state index is 14.0. The highest BCUT2D eigenvalue weighted by Gasteiger charge is 2.22. The van der Waals surface area contributed by atoms with Crippen LogP contribution < -0.4 is 15.4 Å². The van der Waals surface area contributed by atoms with E-state index < -0.39 is 6.04 Å². The first-order valence-electron chi connectivity index (χ1n) is 9.01. The number of ether oxygens (including phenoxy) is 1. The minimum Gasteiger partial charge on any atom is -0.495 e. The monoisotopic (exact) mass is 378 g/mol. The van der Waals surface area contributed by atoms with E-state index in [0.717, 1.165) is 11.1 Å². The Hall–Kier alpha value is -3.34. The van der Waals surface area contributed by atoms with Crippen molar-refractivity contribution in [1.29, 1.82) is 0 Å². The zero-order valence-corrected chi connectivity index (χ0v) is 16.1. The summed E-state index contributed by atoms with van der Waals surface area (Å²) >= 11 is 0. The van der Waals surface area contributed by atoms with Gasteiger partial charge in [-0.15, -0.1) is 0 Å². The fourth-order valence-electron chi connectivity index (χ4n) is 2.92. The second kappa shape index (κ2) is 8.57. The smallest absolute Gasteiger partial charge is 0.251 e. The summed E-state index contributed by atoms with van der Waals surface area (Å²) in [7, 11) is 1.56. The fraction of sp³-hybridized carbons (Fsp3) is 0.174. The minimum absolute atomic E-state index is 0.268. The number of rotatable bonds is 6. The van der Waals surface area contributed by atoms with Gasteiger partial charge in [0.05, 0.1) is 12.8 Å². The molecule has 0 aliphatic carbocycles. The Morgan fingerprint density at radius 2 is 1.75 bits per heavy atom. The van der Waals surface area contributed by atoms with Crippen molar-refractivity contribution in [3.05, 3.63) is 89.2 Å². The molecule has 0 heterocycles. The molecule has 0 aliphatic rings. The maximum Gasteiger partial charge on any atom is 0.251 e. The molecule has 0 radical (unpaired) electrons. The summed E-state index contributed by atoms with van der Waals surface area (Å²) in [6, 6.07) is 19.0. The van der Waals surface area contributed by atoms with Crippen molar-refractivity contribution in [2.75, 3.05) is 17.7 Å². The number of amides is 1. The molecule has 3 rings (SSSR count). The van der Waals surface area contributed by atoms with Crippen molar-refractivity contribution in [2.24, 2.45) is 0 Å². The molecule has 4 nitrogen and oxygen atoms in total. The van der Waals surface area contributed by atoms with Gasteiger partial charge in [0.2, 0.25) is 0 Å². The molecule has 5 heteroatoms. The number of hydrogen-bond donors (Lipinski definition) is 2. The number of methoxy groups -OCH3 is 1. The second-order valence-corrected chi connectivity index (χ2v) is 6.64. The maximum atomic E-state index is 14.0. The number of hydrogen-bond acceptors (Lipinski definition) is 3. The van der Waals surface area contributed by atoms with Crippen LogP contribution in [0.5, 0.6) is 5.75 Å². The Kier molecular flexibility index (Phi) is 5.94. The van der Waals surface area contributed by atoms with Crippen molar-refractivity contribution < 1.29 is 13.9 Å². The van der Waals surface area contributed by atoms with Gasteiger partial charge < -0.3 is 15.4 Å². The normalized spacial score (nSPS) is 11.6. The Morgan fingerprint density at radius 1 is 1.00 bits per heavy atom. The zero-order valence-electron chi connectivity index (χ0n) is 16.1. The highest BCUT2D eigenvalue weighted by molar-refractivity contribution is 5.98. The van der Waals surface area contributed by atoms with E-state index in [2.05, 4.69) is 10.6 Å². The summed E-state index contributed by atoms with van der Waals surface area (Å²) in [5.41, 5.74) is 3.44. The highest BCUT2D eigenvalue weighted by Crippen LogP contribution is 2.28. The van der Waals surface area contributed by atoms with E-state index in [9.17, 15) is 9.18 Å². The van der Waals surface area contributed by atoms with Crippen molar-refractivity contribution in [2.45, 2.75) is 19.9 Å². The van der Waals surface area contributed by atoms with Crippen LogP contribution in [-0.2, 0) is 4.79 Å². The van der Waals surface area contributed by atoms with E-state index >= 15 is 0 Å². The highest BCUT2D eigenvalue weighted by atomic mass is 19.1. The molecule has 3 aromatic rings. The Morgan fingerprint density at radius 3 is 2.43 bits per heavy atom. The third-order valence-corrected chi connectivity index (χ3v) is 4.49. The van der Waals surface area contributed by atoms with Crippen molar-refractivity contribution in [3.8, 4) is 5.75 Å². The van der Waals surface area contributed by atoms with Gasteiger partial charge in [-0.3, -0.25) is 4.79 Å². The molecule has 0 saturated heterocycles. The molecule has 1 amide bonds. The predicted molar refractivity (Wildman–Crippen MR) is 110 cm³/mol. The molecule has 0 bridgehead atoms. The molecular formula is C23H23FN2O2. The number of anilines is 2. The lowest BCUT2D eigenvalue weighted by Crippen LogP contribution is -2.27. The van der Waals surface area contributed by atoms with Gasteiger partial charge in [-0.05, 0) is 54.8 Å². The first-order chi connectivity index (χ1) is 13.5. The van der Waals surface area contributed by atoms with Crippen molar-refractivity contribution in [1.82, 2.24) is 0 Å². The van der Waals surface area contributed by atoms with Crippen LogP contribution in [0.25, 0.3) is 0 Å². The second-order valence-electron chi connectivity index (χ2n) is 6.64. The largest absolute Gasteiger partial charge is 0.495 e. The van der Waals surface area contributed by atoms with Gasteiger partial charge in [-0.2, -0.15) is 0 Å². The Bertz CT molecular complexity index is 974. The molecule has 3 aromatic carbocycles. The standard InChI is InChI=1S/C23H23FN2O2/c1-15-9-12-21(28-3)20(13-15)26-23(27)22(17-7-5-4-6-8-17)25-18-11-10-16(2)19(24)14-18/h4-14,22,25H,1-3H3,(H,26,27)/t22-/m1/s1. The molecule has 0 aromatic heterocycles. The van der Waals surface area contributed by atoms with Crippen LogP contribution in [0.2, 0.25) is 0 Å². The van der Waals surface area contributed by atoms with Gasteiger partial charge >= 0.3 is 0 Å². The lowest BCUT2D eigenvalue weighted by Gasteiger charge is -2.21. The number of carbonyl (C=O) groups is 1. The number of halogens is 1. The van der Waals surface area contributed by atoms with E-state index in [4.69, 9.17) is 4.74 Å². The van der Waals surface area contributed by atoms with E-state index in [-0.39, 0.29) is 11.7 Å². The van der Waals surface area contributed by atoms with Gasteiger partial charge in [-0.1, -0.05) is 42.5 Å². The molecule has 0 aliphatic heterocycles. The first-order valence-corrected chi connectivity index (χ1v) is 9.01. The molecule has 144 valence electrons. The van der Waals surface area contributed by atoms with Crippen LogP contribution in [0.4, 0.5) is 15.8 Å². The van der Waals surface area contributed by atoms with Gasteiger partial charge in [0, 0.05) is 5.69 Å². The molecule has 28 heavy (non-hydrogen) atoms. The summed E-state index contributed by atoms with van der Waals surface area (Å²) in [5.74, 6) is -0.0131. The summed E-state index contributed by atoms with van der Waals surface area (Å²) in [6.45, 7) is 3.64. The molecule has 1 atom stereocenters. The Balaban J connectivity index is 1.91.